The summed E-state index contributed by atoms with van der Waals surface area (Å²) >= 11 is 0. The first-order valence-electron chi connectivity index (χ1n) is 8.65. The van der Waals surface area contributed by atoms with Crippen molar-refractivity contribution in [2.24, 2.45) is 5.92 Å². The Labute approximate surface area is 143 Å². The van der Waals surface area contributed by atoms with Crippen molar-refractivity contribution in [3.8, 4) is 0 Å². The fourth-order valence-electron chi connectivity index (χ4n) is 3.16. The van der Waals surface area contributed by atoms with Crippen LogP contribution in [0.3, 0.4) is 0 Å². The highest BCUT2D eigenvalue weighted by Gasteiger charge is 2.31. The van der Waals surface area contributed by atoms with Crippen LogP contribution in [0.25, 0.3) is 0 Å². The molecule has 0 saturated heterocycles. The molecule has 1 heterocycles. The van der Waals surface area contributed by atoms with E-state index in [4.69, 9.17) is 0 Å². The van der Waals surface area contributed by atoms with Gasteiger partial charge in [-0.15, -0.1) is 0 Å². The summed E-state index contributed by atoms with van der Waals surface area (Å²) in [6.45, 7) is 2.03. The Balaban J connectivity index is 1.71. The van der Waals surface area contributed by atoms with Crippen LogP contribution in [-0.4, -0.2) is 23.0 Å². The minimum Gasteiger partial charge on any atom is -0.331 e. The summed E-state index contributed by atoms with van der Waals surface area (Å²) in [5.41, 5.74) is 2.23. The van der Waals surface area contributed by atoms with Crippen LogP contribution in [0.4, 0.5) is 4.79 Å². The summed E-state index contributed by atoms with van der Waals surface area (Å²) in [6, 6.07) is 14.2. The van der Waals surface area contributed by atoms with Gasteiger partial charge in [-0.1, -0.05) is 42.8 Å². The van der Waals surface area contributed by atoms with Gasteiger partial charge in [-0.3, -0.25) is 4.98 Å². The van der Waals surface area contributed by atoms with Gasteiger partial charge in [0, 0.05) is 19.4 Å². The summed E-state index contributed by atoms with van der Waals surface area (Å²) in [7, 11) is 1.84. The van der Waals surface area contributed by atoms with Crippen molar-refractivity contribution in [3.63, 3.8) is 0 Å². The van der Waals surface area contributed by atoms with Crippen molar-refractivity contribution < 1.29 is 4.79 Å². The van der Waals surface area contributed by atoms with E-state index >= 15 is 0 Å². The molecule has 1 fully saturated rings. The van der Waals surface area contributed by atoms with Crippen molar-refractivity contribution in [2.75, 3.05) is 7.05 Å². The molecule has 24 heavy (non-hydrogen) atoms. The largest absolute Gasteiger partial charge is 0.331 e. The molecule has 0 unspecified atom stereocenters. The van der Waals surface area contributed by atoms with Crippen LogP contribution in [0.2, 0.25) is 0 Å². The monoisotopic (exact) mass is 323 g/mol. The van der Waals surface area contributed by atoms with E-state index in [1.54, 1.807) is 11.1 Å². The lowest BCUT2D eigenvalue weighted by atomic mass is 9.77. The zero-order valence-corrected chi connectivity index (χ0v) is 14.4. The second kappa shape index (κ2) is 7.47. The first-order valence-corrected chi connectivity index (χ1v) is 8.65. The molecule has 0 spiro atoms. The molecule has 2 amide bonds. The molecular weight excluding hydrogens is 298 g/mol. The number of urea groups is 1. The van der Waals surface area contributed by atoms with Gasteiger partial charge in [0.05, 0.1) is 12.1 Å². The highest BCUT2D eigenvalue weighted by molar-refractivity contribution is 5.75. The number of nitrogens with zero attached hydrogens (tertiary/aromatic N) is 2. The van der Waals surface area contributed by atoms with Crippen molar-refractivity contribution in [1.82, 2.24) is 15.2 Å². The summed E-state index contributed by atoms with van der Waals surface area (Å²) in [4.78, 5) is 18.7. The van der Waals surface area contributed by atoms with Crippen LogP contribution >= 0.6 is 0 Å². The normalized spacial score (nSPS) is 16.8. The first kappa shape index (κ1) is 16.5. The molecule has 1 aromatic heterocycles. The topological polar surface area (TPSA) is 45.2 Å². The molecule has 2 aromatic rings. The van der Waals surface area contributed by atoms with Crippen molar-refractivity contribution in [1.29, 1.82) is 0 Å². The standard InChI is InChI=1S/C20H25N3O/c1-15(18-12-7-13-21-14-18)23(2)20(24)22-19(17-10-6-11-17)16-8-4-3-5-9-16/h3-5,7-9,12-15,17,19H,6,10-11H2,1-2H3,(H,22,24)/t15-,19+/m0/s1. The zero-order chi connectivity index (χ0) is 16.9. The van der Waals surface area contributed by atoms with Crippen LogP contribution in [-0.2, 0) is 0 Å². The van der Waals surface area contributed by atoms with Gasteiger partial charge in [0.15, 0.2) is 0 Å². The van der Waals surface area contributed by atoms with Gasteiger partial charge in [-0.25, -0.2) is 4.79 Å². The van der Waals surface area contributed by atoms with Crippen LogP contribution < -0.4 is 5.32 Å². The minimum atomic E-state index is -0.0351. The van der Waals surface area contributed by atoms with Crippen LogP contribution in [0.15, 0.2) is 54.9 Å². The molecule has 1 aliphatic carbocycles. The Morgan fingerprint density at radius 1 is 1.17 bits per heavy atom. The smallest absolute Gasteiger partial charge is 0.318 e. The first-order chi connectivity index (χ1) is 11.7. The molecule has 1 aromatic carbocycles. The Kier molecular flexibility index (Phi) is 5.14. The maximum Gasteiger partial charge on any atom is 0.318 e. The van der Waals surface area contributed by atoms with E-state index < -0.39 is 0 Å². The summed E-state index contributed by atoms with van der Waals surface area (Å²) in [5.74, 6) is 0.540. The molecule has 1 aliphatic rings. The lowest BCUT2D eigenvalue weighted by Gasteiger charge is -2.36. The molecule has 4 nitrogen and oxygen atoms in total. The molecule has 0 radical (unpaired) electrons. The zero-order valence-electron chi connectivity index (χ0n) is 14.4. The molecular formula is C20H25N3O. The van der Waals surface area contributed by atoms with Gasteiger partial charge in [-0.05, 0) is 42.9 Å². The number of amides is 2. The fraction of sp³-hybridized carbons (Fsp3) is 0.400. The summed E-state index contributed by atoms with van der Waals surface area (Å²) in [6.07, 6.45) is 7.18. The van der Waals surface area contributed by atoms with E-state index in [-0.39, 0.29) is 18.1 Å². The number of hydrogen-bond donors (Lipinski definition) is 1. The average Bonchev–Trinajstić information content (AvgIpc) is 2.59. The molecule has 0 bridgehead atoms. The number of rotatable bonds is 5. The molecule has 0 aliphatic heterocycles. The Hall–Kier alpha value is -2.36. The number of aromatic nitrogens is 1. The lowest BCUT2D eigenvalue weighted by molar-refractivity contribution is 0.172. The van der Waals surface area contributed by atoms with Crippen molar-refractivity contribution in [2.45, 2.75) is 38.3 Å². The van der Waals surface area contributed by atoms with Crippen molar-refractivity contribution in [3.05, 3.63) is 66.0 Å². The number of benzene rings is 1. The maximum atomic E-state index is 12.8. The van der Waals surface area contributed by atoms with Crippen LogP contribution in [0.5, 0.6) is 0 Å². The van der Waals surface area contributed by atoms with E-state index in [9.17, 15) is 4.79 Å². The molecule has 3 rings (SSSR count). The third kappa shape index (κ3) is 3.58. The number of carbonyl (C=O) groups excluding carboxylic acids is 1. The molecule has 126 valence electrons. The quantitative estimate of drug-likeness (QED) is 0.890. The van der Waals surface area contributed by atoms with E-state index in [0.29, 0.717) is 5.92 Å². The van der Waals surface area contributed by atoms with E-state index in [1.807, 2.05) is 50.5 Å². The van der Waals surface area contributed by atoms with E-state index in [1.165, 1.54) is 24.8 Å². The minimum absolute atomic E-state index is 0.0171. The summed E-state index contributed by atoms with van der Waals surface area (Å²) < 4.78 is 0. The van der Waals surface area contributed by atoms with Gasteiger partial charge < -0.3 is 10.2 Å². The number of nitrogens with one attached hydrogen (secondary N) is 1. The maximum absolute atomic E-state index is 12.8. The highest BCUT2D eigenvalue weighted by Crippen LogP contribution is 2.37. The molecule has 4 heteroatoms. The third-order valence-corrected chi connectivity index (χ3v) is 5.13. The predicted octanol–water partition coefficient (Wildman–Crippen LogP) is 4.33. The van der Waals surface area contributed by atoms with Crippen LogP contribution in [0.1, 0.15) is 49.4 Å². The SMILES string of the molecule is C[C@@H](c1cccnc1)N(C)C(=O)N[C@H](c1ccccc1)C1CCC1. The highest BCUT2D eigenvalue weighted by atomic mass is 16.2. The van der Waals surface area contributed by atoms with Crippen LogP contribution in [0, 0.1) is 5.92 Å². The lowest BCUT2D eigenvalue weighted by Crippen LogP contribution is -2.43. The van der Waals surface area contributed by atoms with Gasteiger partial charge in [-0.2, -0.15) is 0 Å². The van der Waals surface area contributed by atoms with E-state index in [0.717, 1.165) is 5.56 Å². The average molecular weight is 323 g/mol. The second-order valence-corrected chi connectivity index (χ2v) is 6.60. The van der Waals surface area contributed by atoms with Gasteiger partial charge in [0.2, 0.25) is 0 Å². The molecule has 1 N–H and O–H groups in total. The fourth-order valence-corrected chi connectivity index (χ4v) is 3.16. The summed E-state index contributed by atoms with van der Waals surface area (Å²) in [5, 5.41) is 3.25. The van der Waals surface area contributed by atoms with Crippen molar-refractivity contribution >= 4 is 6.03 Å². The molecule has 1 saturated carbocycles. The third-order valence-electron chi connectivity index (χ3n) is 5.13. The predicted molar refractivity (Wildman–Crippen MR) is 95.5 cm³/mol. The Morgan fingerprint density at radius 3 is 2.46 bits per heavy atom. The van der Waals surface area contributed by atoms with E-state index in [2.05, 4.69) is 22.4 Å². The number of hydrogen-bond acceptors (Lipinski definition) is 2. The number of pyridine rings is 1. The van der Waals surface area contributed by atoms with Gasteiger partial charge >= 0.3 is 6.03 Å². The Bertz CT molecular complexity index is 655. The second-order valence-electron chi connectivity index (χ2n) is 6.60. The molecule has 2 atom stereocenters. The van der Waals surface area contributed by atoms with Gasteiger partial charge in [0.1, 0.15) is 0 Å². The number of carbonyl (C=O) groups is 1. The Morgan fingerprint density at radius 2 is 1.88 bits per heavy atom. The van der Waals surface area contributed by atoms with Gasteiger partial charge in [0.25, 0.3) is 0 Å².